The third kappa shape index (κ3) is 11.8. The van der Waals surface area contributed by atoms with Crippen molar-refractivity contribution in [3.05, 3.63) is 217 Å². The Morgan fingerprint density at radius 3 is 0.863 bits per heavy atom. The van der Waals surface area contributed by atoms with E-state index in [2.05, 4.69) is 219 Å². The third-order valence-electron chi connectivity index (χ3n) is 14.1. The molecule has 0 bridgehead atoms. The van der Waals surface area contributed by atoms with Crippen LogP contribution in [0.2, 0.25) is 0 Å². The summed E-state index contributed by atoms with van der Waals surface area (Å²) < 4.78 is 21.9. The highest BCUT2D eigenvalue weighted by Gasteiger charge is 2.23. The summed E-state index contributed by atoms with van der Waals surface area (Å²) in [6, 6.07) is 63.0. The molecular weight excluding hydrogens is 1100 g/mol. The molecule has 0 aliphatic rings. The van der Waals surface area contributed by atoms with Crippen LogP contribution in [-0.4, -0.2) is 28.4 Å². The molecule has 0 atom stereocenters. The van der Waals surface area contributed by atoms with E-state index in [9.17, 15) is 0 Å². The predicted octanol–water partition coefficient (Wildman–Crippen LogP) is 21.3. The molecule has 0 radical (unpaired) electrons. The molecular formula is C67H63N3O4S6. The maximum absolute atomic E-state index is 5.48. The Hall–Kier alpha value is -6.46. The van der Waals surface area contributed by atoms with Gasteiger partial charge in [-0.2, -0.15) is 0 Å². The van der Waals surface area contributed by atoms with Crippen LogP contribution < -0.4 is 14.7 Å². The van der Waals surface area contributed by atoms with E-state index in [0.29, 0.717) is 26.4 Å². The number of hydrogen-bond acceptors (Lipinski definition) is 13. The summed E-state index contributed by atoms with van der Waals surface area (Å²) in [6.07, 6.45) is 0. The summed E-state index contributed by atoms with van der Waals surface area (Å²) in [4.78, 5) is 14.4. The van der Waals surface area contributed by atoms with Gasteiger partial charge >= 0.3 is 0 Å². The predicted molar refractivity (Wildman–Crippen MR) is 346 cm³/mol. The van der Waals surface area contributed by atoms with Crippen LogP contribution in [-0.2, 0) is 45.4 Å². The molecule has 0 unspecified atom stereocenters. The van der Waals surface area contributed by atoms with Crippen molar-refractivity contribution in [2.24, 2.45) is 0 Å². The second kappa shape index (κ2) is 24.7. The number of anilines is 9. The number of methoxy groups -OCH3 is 4. The zero-order valence-electron chi connectivity index (χ0n) is 46.4. The van der Waals surface area contributed by atoms with Crippen molar-refractivity contribution in [3.8, 4) is 43.1 Å². The lowest BCUT2D eigenvalue weighted by atomic mass is 9.94. The van der Waals surface area contributed by atoms with E-state index in [-0.39, 0.29) is 0 Å². The SMILES string of the molecule is COCc1ccc(N(c2ccc(-c3cc(C)c(-c4ccc(N(c5ccc(C)cc5)c5ccc(-c6cc(C)c(-c7ccc(N(c8ccc(COC)s8)c8ccc(COC)s8)cc7)cc6C)s5)s4)cc3C)cc2)c2ccc(COC)s2)s1. The Morgan fingerprint density at radius 1 is 0.287 bits per heavy atom. The Labute approximate surface area is 494 Å². The molecule has 6 aromatic heterocycles. The fraction of sp³-hybridized carbons (Fsp3) is 0.194. The number of thiophene rings is 6. The van der Waals surface area contributed by atoms with Crippen molar-refractivity contribution < 1.29 is 18.9 Å². The van der Waals surface area contributed by atoms with Gasteiger partial charge < -0.3 is 18.9 Å². The second-order valence-corrected chi connectivity index (χ2v) is 26.6. The first-order chi connectivity index (χ1) is 39.0. The van der Waals surface area contributed by atoms with E-state index in [1.807, 2.05) is 22.7 Å². The topological polar surface area (TPSA) is 46.6 Å². The number of nitrogens with zero attached hydrogens (tertiary/aromatic N) is 3. The number of aryl methyl sites for hydroxylation is 5. The number of hydrogen-bond donors (Lipinski definition) is 0. The van der Waals surface area contributed by atoms with Crippen molar-refractivity contribution in [1.82, 2.24) is 0 Å². The molecule has 13 heteroatoms. The lowest BCUT2D eigenvalue weighted by molar-refractivity contribution is 0.187. The van der Waals surface area contributed by atoms with Gasteiger partial charge in [-0.3, -0.25) is 14.7 Å². The Morgan fingerprint density at radius 2 is 0.550 bits per heavy atom. The maximum Gasteiger partial charge on any atom is 0.101 e. The number of benzene rings is 5. The molecule has 406 valence electrons. The van der Waals surface area contributed by atoms with Gasteiger partial charge in [0.25, 0.3) is 0 Å². The largest absolute Gasteiger partial charge is 0.379 e. The fourth-order valence-corrected chi connectivity index (χ4v) is 16.6. The van der Waals surface area contributed by atoms with Crippen molar-refractivity contribution >= 4 is 115 Å². The van der Waals surface area contributed by atoms with Crippen molar-refractivity contribution in [2.75, 3.05) is 43.1 Å². The van der Waals surface area contributed by atoms with Crippen LogP contribution in [0.4, 0.5) is 47.1 Å². The smallest absolute Gasteiger partial charge is 0.101 e. The minimum atomic E-state index is 0.593. The van der Waals surface area contributed by atoms with Crippen LogP contribution in [0.1, 0.15) is 47.3 Å². The molecule has 0 fully saturated rings. The van der Waals surface area contributed by atoms with Crippen LogP contribution in [0.3, 0.4) is 0 Å². The van der Waals surface area contributed by atoms with E-state index >= 15 is 0 Å². The molecule has 80 heavy (non-hydrogen) atoms. The van der Waals surface area contributed by atoms with E-state index in [1.54, 1.807) is 73.8 Å². The van der Waals surface area contributed by atoms with Gasteiger partial charge in [0.2, 0.25) is 0 Å². The zero-order chi connectivity index (χ0) is 55.4. The summed E-state index contributed by atoms with van der Waals surface area (Å²) in [5.41, 5.74) is 17.0. The number of rotatable bonds is 21. The Kier molecular flexibility index (Phi) is 17.1. The molecule has 0 amide bonds. The molecule has 0 saturated heterocycles. The van der Waals surface area contributed by atoms with Gasteiger partial charge in [0.1, 0.15) is 30.0 Å². The van der Waals surface area contributed by atoms with Gasteiger partial charge in [0.15, 0.2) is 0 Å². The highest BCUT2D eigenvalue weighted by Crippen LogP contribution is 2.49. The third-order valence-corrected chi connectivity index (χ3v) is 20.5. The standard InChI is InChI=1S/C67H63N3O4S6/c1-42-10-16-49(17-11-42)70(66-32-26-60(79-66)58-36-43(2)56(34-45(58)4)47-12-18-50(19-13-47)68(62-28-22-52(75-62)38-71-6)63-29-23-53(76-63)39-72-7)67-33-27-61(80-67)59-37-44(3)57(35-46(59)5)48-14-20-51(21-15-48)69(64-30-24-54(77-64)40-73-8)65-31-25-55(78-65)41-74-9/h10-37H,38-41H2,1-9H3. The van der Waals surface area contributed by atoms with E-state index in [0.717, 1.165) is 37.1 Å². The van der Waals surface area contributed by atoms with Crippen molar-refractivity contribution in [3.63, 3.8) is 0 Å². The lowest BCUT2D eigenvalue weighted by Crippen LogP contribution is -2.06. The van der Waals surface area contributed by atoms with E-state index in [4.69, 9.17) is 18.9 Å². The zero-order valence-corrected chi connectivity index (χ0v) is 51.3. The summed E-state index contributed by atoms with van der Waals surface area (Å²) in [5.74, 6) is 0. The molecule has 0 aliphatic heterocycles. The van der Waals surface area contributed by atoms with Crippen molar-refractivity contribution in [1.29, 1.82) is 0 Å². The molecule has 6 heterocycles. The molecule has 0 aliphatic carbocycles. The normalized spacial score (nSPS) is 11.5. The van der Waals surface area contributed by atoms with E-state index < -0.39 is 0 Å². The summed E-state index contributed by atoms with van der Waals surface area (Å²) in [5, 5.41) is 6.96. The summed E-state index contributed by atoms with van der Waals surface area (Å²) in [7, 11) is 6.99. The van der Waals surface area contributed by atoms with Gasteiger partial charge in [-0.05, 0) is 212 Å². The average molecular weight is 1170 g/mol. The summed E-state index contributed by atoms with van der Waals surface area (Å²) >= 11 is 10.7. The van der Waals surface area contributed by atoms with Gasteiger partial charge in [0.05, 0.1) is 26.4 Å². The molecule has 0 saturated carbocycles. The molecule has 0 spiro atoms. The van der Waals surface area contributed by atoms with Gasteiger partial charge in [0, 0.05) is 74.8 Å². The molecule has 5 aromatic carbocycles. The van der Waals surface area contributed by atoms with Crippen LogP contribution in [0, 0.1) is 34.6 Å². The highest BCUT2D eigenvalue weighted by molar-refractivity contribution is 7.22. The second-order valence-electron chi connectivity index (χ2n) is 19.9. The first-order valence-corrected chi connectivity index (χ1v) is 31.3. The fourth-order valence-electron chi connectivity index (χ4n) is 10.2. The van der Waals surface area contributed by atoms with Gasteiger partial charge in [-0.25, -0.2) is 0 Å². The van der Waals surface area contributed by atoms with Crippen LogP contribution in [0.25, 0.3) is 43.1 Å². The highest BCUT2D eigenvalue weighted by atomic mass is 32.1. The quantitative estimate of drug-likeness (QED) is 0.0710. The molecule has 11 rings (SSSR count). The minimum Gasteiger partial charge on any atom is -0.379 e. The Bertz CT molecular complexity index is 3560. The average Bonchev–Trinajstić information content (AvgIpc) is 4.39. The first-order valence-electron chi connectivity index (χ1n) is 26.4. The van der Waals surface area contributed by atoms with Crippen molar-refractivity contribution in [2.45, 2.75) is 61.0 Å². The summed E-state index contributed by atoms with van der Waals surface area (Å²) in [6.45, 7) is 13.5. The maximum atomic E-state index is 5.48. The minimum absolute atomic E-state index is 0.593. The van der Waals surface area contributed by atoms with Crippen LogP contribution >= 0.6 is 68.0 Å². The Balaban J connectivity index is 0.851. The molecule has 0 N–H and O–H groups in total. The number of ether oxygens (including phenoxy) is 4. The first kappa shape index (κ1) is 55.4. The van der Waals surface area contributed by atoms with Crippen LogP contribution in [0.15, 0.2) is 170 Å². The van der Waals surface area contributed by atoms with Gasteiger partial charge in [-0.1, -0.05) is 54.1 Å². The lowest BCUT2D eigenvalue weighted by Gasteiger charge is -2.22. The monoisotopic (exact) mass is 1170 g/mol. The van der Waals surface area contributed by atoms with Crippen LogP contribution in [0.5, 0.6) is 0 Å². The van der Waals surface area contributed by atoms with E-state index in [1.165, 1.54) is 100 Å². The molecule has 11 aromatic rings. The molecule has 7 nitrogen and oxygen atoms in total. The van der Waals surface area contributed by atoms with Gasteiger partial charge in [-0.15, -0.1) is 68.0 Å².